The van der Waals surface area contributed by atoms with E-state index in [1.807, 2.05) is 35.2 Å². The standard InChI is InChI=1S/C18H22N4O2/c19-17-7-6-15(14-20-17)18(23)22-10-8-21(9-11-22)12-13-24-16-4-2-1-3-5-16/h1-7,14H,8-13H2,(H2,19,20). The Balaban J connectivity index is 1.42. The first kappa shape index (κ1) is 16.3. The van der Waals surface area contributed by atoms with Crippen LogP contribution in [0.3, 0.4) is 0 Å². The first-order valence-corrected chi connectivity index (χ1v) is 8.13. The minimum atomic E-state index is 0.0164. The quantitative estimate of drug-likeness (QED) is 0.901. The molecule has 1 aliphatic heterocycles. The van der Waals surface area contributed by atoms with Gasteiger partial charge in [-0.2, -0.15) is 0 Å². The summed E-state index contributed by atoms with van der Waals surface area (Å²) in [7, 11) is 0. The molecule has 6 heteroatoms. The Bertz CT molecular complexity index is 652. The second kappa shape index (κ2) is 7.79. The van der Waals surface area contributed by atoms with Crippen LogP contribution in [-0.2, 0) is 0 Å². The highest BCUT2D eigenvalue weighted by Gasteiger charge is 2.22. The number of hydrogen-bond donors (Lipinski definition) is 1. The number of piperazine rings is 1. The van der Waals surface area contributed by atoms with E-state index in [9.17, 15) is 4.79 Å². The maximum atomic E-state index is 12.4. The number of benzene rings is 1. The van der Waals surface area contributed by atoms with Gasteiger partial charge in [-0.3, -0.25) is 9.69 Å². The zero-order chi connectivity index (χ0) is 16.8. The lowest BCUT2D eigenvalue weighted by atomic mass is 10.2. The molecule has 1 amide bonds. The van der Waals surface area contributed by atoms with E-state index in [0.717, 1.165) is 25.4 Å². The third kappa shape index (κ3) is 4.23. The van der Waals surface area contributed by atoms with Gasteiger partial charge >= 0.3 is 0 Å². The van der Waals surface area contributed by atoms with Gasteiger partial charge in [0.15, 0.2) is 0 Å². The Kier molecular flexibility index (Phi) is 5.28. The topological polar surface area (TPSA) is 71.7 Å². The SMILES string of the molecule is Nc1ccc(C(=O)N2CCN(CCOc3ccccc3)CC2)cn1. The minimum Gasteiger partial charge on any atom is -0.492 e. The summed E-state index contributed by atoms with van der Waals surface area (Å²) in [6, 6.07) is 13.2. The highest BCUT2D eigenvalue weighted by Crippen LogP contribution is 2.11. The summed E-state index contributed by atoms with van der Waals surface area (Å²) in [5, 5.41) is 0. The molecule has 0 spiro atoms. The van der Waals surface area contributed by atoms with Gasteiger partial charge in [0.05, 0.1) is 5.56 Å². The number of hydrogen-bond acceptors (Lipinski definition) is 5. The maximum Gasteiger partial charge on any atom is 0.255 e. The number of ether oxygens (including phenoxy) is 1. The van der Waals surface area contributed by atoms with Crippen LogP contribution in [0.15, 0.2) is 48.7 Å². The number of aromatic nitrogens is 1. The molecule has 2 N–H and O–H groups in total. The van der Waals surface area contributed by atoms with Crippen LogP contribution in [0.5, 0.6) is 5.75 Å². The fourth-order valence-corrected chi connectivity index (χ4v) is 2.70. The Labute approximate surface area is 141 Å². The van der Waals surface area contributed by atoms with E-state index in [2.05, 4.69) is 9.88 Å². The normalized spacial score (nSPS) is 15.2. The van der Waals surface area contributed by atoms with Gasteiger partial charge < -0.3 is 15.4 Å². The first-order chi connectivity index (χ1) is 11.7. The van der Waals surface area contributed by atoms with Crippen LogP contribution in [0.1, 0.15) is 10.4 Å². The van der Waals surface area contributed by atoms with Crippen molar-refractivity contribution in [2.75, 3.05) is 45.1 Å². The molecule has 0 bridgehead atoms. The number of carbonyl (C=O) groups excluding carboxylic acids is 1. The number of anilines is 1. The van der Waals surface area contributed by atoms with E-state index >= 15 is 0 Å². The zero-order valence-corrected chi connectivity index (χ0v) is 13.6. The summed E-state index contributed by atoms with van der Waals surface area (Å²) in [6.45, 7) is 4.65. The van der Waals surface area contributed by atoms with Crippen LogP contribution < -0.4 is 10.5 Å². The van der Waals surface area contributed by atoms with E-state index in [1.165, 1.54) is 6.20 Å². The average molecular weight is 326 g/mol. The molecule has 2 aromatic rings. The summed E-state index contributed by atoms with van der Waals surface area (Å²) in [6.07, 6.45) is 1.54. The summed E-state index contributed by atoms with van der Waals surface area (Å²) >= 11 is 0. The minimum absolute atomic E-state index is 0.0164. The van der Waals surface area contributed by atoms with Crippen molar-refractivity contribution in [3.8, 4) is 5.75 Å². The van der Waals surface area contributed by atoms with Gasteiger partial charge in [-0.15, -0.1) is 0 Å². The van der Waals surface area contributed by atoms with Gasteiger partial charge in [0.2, 0.25) is 0 Å². The zero-order valence-electron chi connectivity index (χ0n) is 13.6. The third-order valence-electron chi connectivity index (χ3n) is 4.11. The number of amides is 1. The average Bonchev–Trinajstić information content (AvgIpc) is 2.63. The van der Waals surface area contributed by atoms with Crippen LogP contribution in [-0.4, -0.2) is 60.0 Å². The lowest BCUT2D eigenvalue weighted by Crippen LogP contribution is -2.49. The molecule has 0 unspecified atom stereocenters. The lowest BCUT2D eigenvalue weighted by molar-refractivity contribution is 0.0620. The van der Waals surface area contributed by atoms with Crippen LogP contribution in [0.2, 0.25) is 0 Å². The number of nitrogens with zero attached hydrogens (tertiary/aromatic N) is 3. The number of carbonyl (C=O) groups is 1. The molecule has 0 aliphatic carbocycles. The monoisotopic (exact) mass is 326 g/mol. The van der Waals surface area contributed by atoms with Crippen LogP contribution in [0.4, 0.5) is 5.82 Å². The molecule has 1 aromatic heterocycles. The number of pyridine rings is 1. The van der Waals surface area contributed by atoms with Crippen molar-refractivity contribution in [1.82, 2.24) is 14.8 Å². The molecule has 24 heavy (non-hydrogen) atoms. The second-order valence-electron chi connectivity index (χ2n) is 5.77. The molecule has 1 saturated heterocycles. The Hall–Kier alpha value is -2.60. The summed E-state index contributed by atoms with van der Waals surface area (Å²) < 4.78 is 5.72. The Morgan fingerprint density at radius 1 is 1.08 bits per heavy atom. The number of nitrogens with two attached hydrogens (primary N) is 1. The van der Waals surface area contributed by atoms with Crippen molar-refractivity contribution >= 4 is 11.7 Å². The lowest BCUT2D eigenvalue weighted by Gasteiger charge is -2.34. The Morgan fingerprint density at radius 3 is 2.50 bits per heavy atom. The number of para-hydroxylation sites is 1. The molecular weight excluding hydrogens is 304 g/mol. The predicted molar refractivity (Wildman–Crippen MR) is 92.9 cm³/mol. The maximum absolute atomic E-state index is 12.4. The van der Waals surface area contributed by atoms with E-state index in [1.54, 1.807) is 12.1 Å². The van der Waals surface area contributed by atoms with Crippen molar-refractivity contribution in [2.24, 2.45) is 0 Å². The van der Waals surface area contributed by atoms with E-state index in [0.29, 0.717) is 31.1 Å². The van der Waals surface area contributed by atoms with E-state index < -0.39 is 0 Å². The molecule has 3 rings (SSSR count). The van der Waals surface area contributed by atoms with Crippen molar-refractivity contribution in [1.29, 1.82) is 0 Å². The largest absolute Gasteiger partial charge is 0.492 e. The van der Waals surface area contributed by atoms with Gasteiger partial charge in [-0.1, -0.05) is 18.2 Å². The van der Waals surface area contributed by atoms with Crippen molar-refractivity contribution in [2.45, 2.75) is 0 Å². The van der Waals surface area contributed by atoms with Gasteiger partial charge in [0, 0.05) is 38.9 Å². The summed E-state index contributed by atoms with van der Waals surface area (Å²) in [5.41, 5.74) is 6.15. The molecule has 2 heterocycles. The number of rotatable bonds is 5. The highest BCUT2D eigenvalue weighted by atomic mass is 16.5. The van der Waals surface area contributed by atoms with Gasteiger partial charge in [0.1, 0.15) is 18.2 Å². The molecule has 1 aromatic carbocycles. The molecule has 6 nitrogen and oxygen atoms in total. The van der Waals surface area contributed by atoms with Crippen LogP contribution in [0.25, 0.3) is 0 Å². The molecule has 126 valence electrons. The molecule has 1 aliphatic rings. The molecule has 0 radical (unpaired) electrons. The van der Waals surface area contributed by atoms with Crippen LogP contribution >= 0.6 is 0 Å². The second-order valence-corrected chi connectivity index (χ2v) is 5.77. The fraction of sp³-hybridized carbons (Fsp3) is 0.333. The van der Waals surface area contributed by atoms with Crippen molar-refractivity contribution in [3.05, 3.63) is 54.2 Å². The van der Waals surface area contributed by atoms with Gasteiger partial charge in [0.25, 0.3) is 5.91 Å². The molecule has 0 saturated carbocycles. The van der Waals surface area contributed by atoms with E-state index in [-0.39, 0.29) is 5.91 Å². The highest BCUT2D eigenvalue weighted by molar-refractivity contribution is 5.94. The van der Waals surface area contributed by atoms with Crippen molar-refractivity contribution in [3.63, 3.8) is 0 Å². The summed E-state index contributed by atoms with van der Waals surface area (Å²) in [4.78, 5) is 20.6. The predicted octanol–water partition coefficient (Wildman–Crippen LogP) is 1.50. The molecule has 1 fully saturated rings. The van der Waals surface area contributed by atoms with Gasteiger partial charge in [-0.05, 0) is 24.3 Å². The van der Waals surface area contributed by atoms with Gasteiger partial charge in [-0.25, -0.2) is 4.98 Å². The summed E-state index contributed by atoms with van der Waals surface area (Å²) in [5.74, 6) is 1.33. The molecular formula is C18H22N4O2. The fourth-order valence-electron chi connectivity index (χ4n) is 2.70. The van der Waals surface area contributed by atoms with E-state index in [4.69, 9.17) is 10.5 Å². The first-order valence-electron chi connectivity index (χ1n) is 8.13. The third-order valence-corrected chi connectivity index (χ3v) is 4.11. The number of nitrogen functional groups attached to an aromatic ring is 1. The van der Waals surface area contributed by atoms with Crippen LogP contribution in [0, 0.1) is 0 Å². The smallest absolute Gasteiger partial charge is 0.255 e. The van der Waals surface area contributed by atoms with Crippen molar-refractivity contribution < 1.29 is 9.53 Å². The molecule has 0 atom stereocenters. The Morgan fingerprint density at radius 2 is 1.83 bits per heavy atom.